The Bertz CT molecular complexity index is 724. The molecular weight excluding hydrogens is 250 g/mol. The maximum Gasteiger partial charge on any atom is 0.332 e. The largest absolute Gasteiger partial charge is 0.396 e. The number of nitrogens with one attached hydrogen (secondary N) is 1. The van der Waals surface area contributed by atoms with E-state index >= 15 is 0 Å². The Hall–Kier alpha value is -2.09. The Morgan fingerprint density at radius 1 is 1.16 bits per heavy atom. The topological polar surface area (TPSA) is 94.1 Å². The number of aryl methyl sites for hydroxylation is 2. The fourth-order valence-corrected chi connectivity index (χ4v) is 1.96. The lowest BCUT2D eigenvalue weighted by atomic mass is 10.4. The summed E-state index contributed by atoms with van der Waals surface area (Å²) in [5, 5.41) is 11.8. The fraction of sp³-hybridized carbons (Fsp3) is 0.545. The van der Waals surface area contributed by atoms with Gasteiger partial charge in [-0.2, -0.15) is 4.98 Å². The van der Waals surface area contributed by atoms with Crippen LogP contribution in [0.4, 0.5) is 5.95 Å². The molecule has 2 rings (SSSR count). The van der Waals surface area contributed by atoms with Gasteiger partial charge in [-0.3, -0.25) is 13.9 Å². The number of hydrogen-bond acceptors (Lipinski definition) is 5. The summed E-state index contributed by atoms with van der Waals surface area (Å²) in [6, 6.07) is 0. The monoisotopic (exact) mass is 267 g/mol. The van der Waals surface area contributed by atoms with E-state index in [1.807, 2.05) is 0 Å². The number of aliphatic hydroxyl groups is 1. The van der Waals surface area contributed by atoms with E-state index in [0.717, 1.165) is 4.57 Å². The smallest absolute Gasteiger partial charge is 0.332 e. The van der Waals surface area contributed by atoms with E-state index in [1.54, 1.807) is 18.7 Å². The van der Waals surface area contributed by atoms with Gasteiger partial charge in [0.05, 0.1) is 0 Å². The van der Waals surface area contributed by atoms with E-state index in [-0.39, 0.29) is 12.2 Å². The Morgan fingerprint density at radius 2 is 1.84 bits per heavy atom. The van der Waals surface area contributed by atoms with Gasteiger partial charge in [-0.25, -0.2) is 4.79 Å². The van der Waals surface area contributed by atoms with Gasteiger partial charge in [0.1, 0.15) is 0 Å². The summed E-state index contributed by atoms with van der Waals surface area (Å²) in [5.41, 5.74) is -0.0565. The number of imidazole rings is 1. The van der Waals surface area contributed by atoms with Crippen LogP contribution in [0.25, 0.3) is 11.2 Å². The van der Waals surface area contributed by atoms with Crippen molar-refractivity contribution in [3.63, 3.8) is 0 Å². The molecule has 0 aliphatic carbocycles. The van der Waals surface area contributed by atoms with E-state index in [9.17, 15) is 9.59 Å². The van der Waals surface area contributed by atoms with Crippen LogP contribution in [0.15, 0.2) is 9.59 Å². The molecule has 2 N–H and O–H groups in total. The maximum atomic E-state index is 12.1. The molecule has 0 bridgehead atoms. The molecule has 8 heteroatoms. The van der Waals surface area contributed by atoms with Crippen molar-refractivity contribution in [2.75, 3.05) is 18.5 Å². The van der Waals surface area contributed by atoms with Crippen molar-refractivity contribution in [3.8, 4) is 0 Å². The van der Waals surface area contributed by atoms with Gasteiger partial charge in [-0.05, 0) is 6.42 Å². The van der Waals surface area contributed by atoms with E-state index in [4.69, 9.17) is 5.11 Å². The van der Waals surface area contributed by atoms with Crippen molar-refractivity contribution in [1.82, 2.24) is 18.7 Å². The molecule has 8 nitrogen and oxygen atoms in total. The van der Waals surface area contributed by atoms with Crippen molar-refractivity contribution >= 4 is 17.1 Å². The highest BCUT2D eigenvalue weighted by atomic mass is 16.3. The summed E-state index contributed by atoms with van der Waals surface area (Å²) < 4.78 is 4.02. The molecule has 104 valence electrons. The lowest BCUT2D eigenvalue weighted by molar-refractivity contribution is 0.292. The van der Waals surface area contributed by atoms with E-state index < -0.39 is 5.69 Å². The SMILES string of the molecule is Cn1c(=O)c2c(nc(NCCCO)n2C)n(C)c1=O. The molecule has 0 radical (unpaired) electrons. The molecule has 0 saturated heterocycles. The minimum atomic E-state index is -0.405. The normalized spacial score (nSPS) is 11.2. The average molecular weight is 267 g/mol. The predicted molar refractivity (Wildman–Crippen MR) is 71.4 cm³/mol. The molecule has 0 aliphatic heterocycles. The van der Waals surface area contributed by atoms with Gasteiger partial charge in [-0.1, -0.05) is 0 Å². The minimum Gasteiger partial charge on any atom is -0.396 e. The van der Waals surface area contributed by atoms with Crippen molar-refractivity contribution in [2.24, 2.45) is 21.1 Å². The molecule has 2 heterocycles. The van der Waals surface area contributed by atoms with Gasteiger partial charge in [0, 0.05) is 34.3 Å². The van der Waals surface area contributed by atoms with Crippen molar-refractivity contribution < 1.29 is 5.11 Å². The van der Waals surface area contributed by atoms with Crippen molar-refractivity contribution in [2.45, 2.75) is 6.42 Å². The number of nitrogens with zero attached hydrogens (tertiary/aromatic N) is 4. The van der Waals surface area contributed by atoms with Gasteiger partial charge in [0.2, 0.25) is 5.95 Å². The first kappa shape index (κ1) is 13.3. The highest BCUT2D eigenvalue weighted by Crippen LogP contribution is 2.12. The molecule has 0 fully saturated rings. The highest BCUT2D eigenvalue weighted by molar-refractivity contribution is 5.74. The van der Waals surface area contributed by atoms with Crippen LogP contribution in [0, 0.1) is 0 Å². The number of fused-ring (bicyclic) bond motifs is 1. The van der Waals surface area contributed by atoms with Crippen molar-refractivity contribution in [3.05, 3.63) is 20.8 Å². The minimum absolute atomic E-state index is 0.0805. The third-order valence-corrected chi connectivity index (χ3v) is 3.09. The molecular formula is C11H17N5O3. The summed E-state index contributed by atoms with van der Waals surface area (Å²) in [7, 11) is 4.73. The number of rotatable bonds is 4. The Balaban J connectivity index is 2.64. The zero-order valence-corrected chi connectivity index (χ0v) is 11.2. The van der Waals surface area contributed by atoms with Crippen LogP contribution in [0.2, 0.25) is 0 Å². The van der Waals surface area contributed by atoms with E-state index in [0.29, 0.717) is 30.1 Å². The fourth-order valence-electron chi connectivity index (χ4n) is 1.96. The Labute approximate surface area is 108 Å². The van der Waals surface area contributed by atoms with Gasteiger partial charge in [0.25, 0.3) is 5.56 Å². The lowest BCUT2D eigenvalue weighted by Crippen LogP contribution is -2.37. The zero-order chi connectivity index (χ0) is 14.2. The van der Waals surface area contributed by atoms with Crippen LogP contribution in [0.1, 0.15) is 6.42 Å². The molecule has 0 saturated carbocycles. The van der Waals surface area contributed by atoms with Gasteiger partial charge < -0.3 is 15.0 Å². The van der Waals surface area contributed by atoms with Crippen LogP contribution in [-0.2, 0) is 21.1 Å². The van der Waals surface area contributed by atoms with Crippen molar-refractivity contribution in [1.29, 1.82) is 0 Å². The van der Waals surface area contributed by atoms with Crippen LogP contribution >= 0.6 is 0 Å². The number of aromatic nitrogens is 4. The first-order valence-corrected chi connectivity index (χ1v) is 5.96. The third kappa shape index (κ3) is 2.03. The second kappa shape index (κ2) is 4.88. The van der Waals surface area contributed by atoms with Crippen LogP contribution in [0.5, 0.6) is 0 Å². The number of anilines is 1. The molecule has 0 aromatic carbocycles. The molecule has 2 aromatic heterocycles. The Morgan fingerprint density at radius 3 is 2.47 bits per heavy atom. The van der Waals surface area contributed by atoms with E-state index in [1.165, 1.54) is 11.6 Å². The van der Waals surface area contributed by atoms with Crippen LogP contribution < -0.4 is 16.6 Å². The second-order valence-electron chi connectivity index (χ2n) is 4.38. The maximum absolute atomic E-state index is 12.1. The van der Waals surface area contributed by atoms with Gasteiger partial charge >= 0.3 is 5.69 Å². The van der Waals surface area contributed by atoms with Gasteiger partial charge in [-0.15, -0.1) is 0 Å². The lowest BCUT2D eigenvalue weighted by Gasteiger charge is -2.04. The molecule has 0 spiro atoms. The number of hydrogen-bond donors (Lipinski definition) is 2. The van der Waals surface area contributed by atoms with Crippen LogP contribution in [-0.4, -0.2) is 36.9 Å². The summed E-state index contributed by atoms with van der Waals surface area (Å²) in [6.45, 7) is 0.624. The Kier molecular flexibility index (Phi) is 3.43. The summed E-state index contributed by atoms with van der Waals surface area (Å²) in [6.07, 6.45) is 0.583. The molecule has 0 atom stereocenters. The highest BCUT2D eigenvalue weighted by Gasteiger charge is 2.16. The predicted octanol–water partition coefficient (Wildman–Crippen LogP) is -1.23. The molecule has 0 aliphatic rings. The summed E-state index contributed by atoms with van der Waals surface area (Å²) in [4.78, 5) is 28.2. The third-order valence-electron chi connectivity index (χ3n) is 3.09. The summed E-state index contributed by atoms with van der Waals surface area (Å²) in [5.74, 6) is 0.502. The average Bonchev–Trinajstić information content (AvgIpc) is 2.72. The standard InChI is InChI=1S/C11H17N5O3/c1-14-7-8(13-10(14)12-5-4-6-17)15(2)11(19)16(3)9(7)18/h17H,4-6H2,1-3H3,(H,12,13). The first-order valence-electron chi connectivity index (χ1n) is 5.96. The second-order valence-corrected chi connectivity index (χ2v) is 4.38. The quantitative estimate of drug-likeness (QED) is 0.676. The van der Waals surface area contributed by atoms with E-state index in [2.05, 4.69) is 10.3 Å². The number of aliphatic hydroxyl groups excluding tert-OH is 1. The summed E-state index contributed by atoms with van der Waals surface area (Å²) >= 11 is 0. The molecule has 19 heavy (non-hydrogen) atoms. The van der Waals surface area contributed by atoms with Gasteiger partial charge in [0.15, 0.2) is 11.2 Å². The molecule has 2 aromatic rings. The molecule has 0 amide bonds. The molecule has 0 unspecified atom stereocenters. The first-order chi connectivity index (χ1) is 8.99. The van der Waals surface area contributed by atoms with Crippen LogP contribution in [0.3, 0.4) is 0 Å². The zero-order valence-electron chi connectivity index (χ0n) is 11.2.